The van der Waals surface area contributed by atoms with Crippen LogP contribution in [0.25, 0.3) is 0 Å². The van der Waals surface area contributed by atoms with Crippen molar-refractivity contribution in [2.45, 2.75) is 112 Å². The third-order valence-corrected chi connectivity index (χ3v) is 6.64. The predicted molar refractivity (Wildman–Crippen MR) is 114 cm³/mol. The maximum atomic E-state index is 12.2. The zero-order chi connectivity index (χ0) is 22.4. The van der Waals surface area contributed by atoms with Crippen LogP contribution in [0.2, 0.25) is 0 Å². The van der Waals surface area contributed by atoms with Gasteiger partial charge in [-0.2, -0.15) is 0 Å². The van der Waals surface area contributed by atoms with Crippen molar-refractivity contribution in [2.24, 2.45) is 17.3 Å². The second-order valence-corrected chi connectivity index (χ2v) is 10.5. The van der Waals surface area contributed by atoms with Gasteiger partial charge < -0.3 is 19.3 Å². The Morgan fingerprint density at radius 2 is 1.46 bits per heavy atom. The standard InChI is InChI=1S/C23H46O5/c1-12-13-14-20(4,5)27-16-17(2)21(6,7)23(10,11)28-19(24)26-15-18(3)22(8,9)25/h17-18,25H,12-16H2,1-11H3. The average molecular weight is 403 g/mol. The molecule has 0 spiro atoms. The van der Waals surface area contributed by atoms with Gasteiger partial charge in [0.05, 0.1) is 17.8 Å². The quantitative estimate of drug-likeness (QED) is 0.407. The van der Waals surface area contributed by atoms with Crippen LogP contribution in [0.1, 0.15) is 95.4 Å². The molecule has 0 aromatic rings. The molecular formula is C23H46O5. The maximum Gasteiger partial charge on any atom is 0.508 e. The molecule has 168 valence electrons. The van der Waals surface area contributed by atoms with E-state index in [0.29, 0.717) is 6.61 Å². The first kappa shape index (κ1) is 27.2. The molecule has 2 atom stereocenters. The number of rotatable bonds is 12. The lowest BCUT2D eigenvalue weighted by molar-refractivity contribution is -0.128. The number of aliphatic hydroxyl groups is 1. The fraction of sp³-hybridized carbons (Fsp3) is 0.957. The molecule has 0 aliphatic heterocycles. The van der Waals surface area contributed by atoms with Crippen molar-refractivity contribution < 1.29 is 24.1 Å². The van der Waals surface area contributed by atoms with Crippen LogP contribution in [0.4, 0.5) is 4.79 Å². The van der Waals surface area contributed by atoms with Gasteiger partial charge in [0, 0.05) is 11.3 Å². The van der Waals surface area contributed by atoms with Gasteiger partial charge in [0.25, 0.3) is 0 Å². The van der Waals surface area contributed by atoms with Crippen LogP contribution < -0.4 is 0 Å². The van der Waals surface area contributed by atoms with Gasteiger partial charge in [-0.1, -0.05) is 47.5 Å². The van der Waals surface area contributed by atoms with E-state index < -0.39 is 17.4 Å². The monoisotopic (exact) mass is 402 g/mol. The number of ether oxygens (including phenoxy) is 3. The van der Waals surface area contributed by atoms with Crippen molar-refractivity contribution in [1.29, 1.82) is 0 Å². The van der Waals surface area contributed by atoms with Crippen LogP contribution in [-0.2, 0) is 14.2 Å². The van der Waals surface area contributed by atoms with E-state index in [2.05, 4.69) is 41.5 Å². The molecule has 28 heavy (non-hydrogen) atoms. The Labute approximate surface area is 173 Å². The van der Waals surface area contributed by atoms with Crippen LogP contribution in [0.3, 0.4) is 0 Å². The van der Waals surface area contributed by atoms with Gasteiger partial charge in [-0.05, 0) is 53.9 Å². The summed E-state index contributed by atoms with van der Waals surface area (Å²) in [6.07, 6.45) is 2.63. The number of unbranched alkanes of at least 4 members (excludes halogenated alkanes) is 1. The topological polar surface area (TPSA) is 65.0 Å². The molecule has 1 N–H and O–H groups in total. The molecule has 0 aliphatic carbocycles. The van der Waals surface area contributed by atoms with Gasteiger partial charge in [-0.25, -0.2) is 4.79 Å². The smallest absolute Gasteiger partial charge is 0.434 e. The molecule has 0 saturated heterocycles. The van der Waals surface area contributed by atoms with Crippen LogP contribution >= 0.6 is 0 Å². The highest BCUT2D eigenvalue weighted by molar-refractivity contribution is 5.60. The van der Waals surface area contributed by atoms with E-state index in [1.54, 1.807) is 13.8 Å². The minimum absolute atomic E-state index is 0.114. The maximum absolute atomic E-state index is 12.2. The Morgan fingerprint density at radius 1 is 0.929 bits per heavy atom. The summed E-state index contributed by atoms with van der Waals surface area (Å²) in [5, 5.41) is 9.97. The largest absolute Gasteiger partial charge is 0.508 e. The molecule has 0 rings (SSSR count). The van der Waals surface area contributed by atoms with E-state index in [0.717, 1.165) is 19.3 Å². The molecule has 0 aliphatic rings. The first-order valence-electron chi connectivity index (χ1n) is 10.7. The Bertz CT molecular complexity index is 474. The molecule has 5 heteroatoms. The Balaban J connectivity index is 4.81. The zero-order valence-corrected chi connectivity index (χ0v) is 20.3. The van der Waals surface area contributed by atoms with Crippen molar-refractivity contribution in [3.8, 4) is 0 Å². The lowest BCUT2D eigenvalue weighted by atomic mass is 9.68. The summed E-state index contributed by atoms with van der Waals surface area (Å²) in [6.45, 7) is 22.5. The minimum Gasteiger partial charge on any atom is -0.434 e. The lowest BCUT2D eigenvalue weighted by Gasteiger charge is -2.45. The average Bonchev–Trinajstić information content (AvgIpc) is 2.54. The molecule has 0 aromatic heterocycles. The summed E-state index contributed by atoms with van der Waals surface area (Å²) in [6, 6.07) is 0. The van der Waals surface area contributed by atoms with Crippen LogP contribution in [0.5, 0.6) is 0 Å². The molecule has 0 aromatic carbocycles. The highest BCUT2D eigenvalue weighted by atomic mass is 16.7. The summed E-state index contributed by atoms with van der Waals surface area (Å²) in [4.78, 5) is 12.2. The SMILES string of the molecule is CCCCC(C)(C)OCC(C)C(C)(C)C(C)(C)OC(=O)OCC(C)C(C)(C)O. The van der Waals surface area contributed by atoms with E-state index in [9.17, 15) is 9.90 Å². The van der Waals surface area contributed by atoms with Gasteiger partial charge in [-0.3, -0.25) is 0 Å². The fourth-order valence-electron chi connectivity index (χ4n) is 2.59. The Kier molecular flexibility index (Phi) is 9.99. The molecule has 0 heterocycles. The highest BCUT2D eigenvalue weighted by Gasteiger charge is 2.45. The number of hydrogen-bond acceptors (Lipinski definition) is 5. The highest BCUT2D eigenvalue weighted by Crippen LogP contribution is 2.41. The van der Waals surface area contributed by atoms with E-state index >= 15 is 0 Å². The molecular weight excluding hydrogens is 356 g/mol. The molecule has 0 bridgehead atoms. The number of carbonyl (C=O) groups excluding carboxylic acids is 1. The van der Waals surface area contributed by atoms with Gasteiger partial charge in [0.1, 0.15) is 12.2 Å². The molecule has 0 radical (unpaired) electrons. The summed E-state index contributed by atoms with van der Waals surface area (Å²) in [5.74, 6) is -0.0136. The van der Waals surface area contributed by atoms with Crippen molar-refractivity contribution in [1.82, 2.24) is 0 Å². The first-order chi connectivity index (χ1) is 12.5. The van der Waals surface area contributed by atoms with E-state index in [4.69, 9.17) is 14.2 Å². The molecule has 0 fully saturated rings. The second-order valence-electron chi connectivity index (χ2n) is 10.5. The lowest BCUT2D eigenvalue weighted by Crippen LogP contribution is -2.49. The van der Waals surface area contributed by atoms with Gasteiger partial charge in [-0.15, -0.1) is 0 Å². The van der Waals surface area contributed by atoms with E-state index in [1.807, 2.05) is 20.8 Å². The summed E-state index contributed by atoms with van der Waals surface area (Å²) < 4.78 is 17.1. The summed E-state index contributed by atoms with van der Waals surface area (Å²) >= 11 is 0. The number of hydrogen-bond donors (Lipinski definition) is 1. The van der Waals surface area contributed by atoms with Crippen LogP contribution in [-0.4, -0.2) is 41.3 Å². The first-order valence-corrected chi connectivity index (χ1v) is 10.7. The van der Waals surface area contributed by atoms with Crippen molar-refractivity contribution >= 4 is 6.16 Å². The second kappa shape index (κ2) is 10.3. The Morgan fingerprint density at radius 3 is 1.93 bits per heavy atom. The Hall–Kier alpha value is -0.810. The van der Waals surface area contributed by atoms with Gasteiger partial charge >= 0.3 is 6.16 Å². The zero-order valence-electron chi connectivity index (χ0n) is 20.3. The molecule has 0 saturated carbocycles. The molecule has 2 unspecified atom stereocenters. The van der Waals surface area contributed by atoms with E-state index in [-0.39, 0.29) is 29.5 Å². The van der Waals surface area contributed by atoms with Gasteiger partial charge in [0.2, 0.25) is 0 Å². The third kappa shape index (κ3) is 8.69. The summed E-state index contributed by atoms with van der Waals surface area (Å²) in [7, 11) is 0. The third-order valence-electron chi connectivity index (χ3n) is 6.64. The number of carbonyl (C=O) groups is 1. The van der Waals surface area contributed by atoms with Crippen molar-refractivity contribution in [2.75, 3.05) is 13.2 Å². The normalized spacial score (nSPS) is 15.9. The van der Waals surface area contributed by atoms with Crippen molar-refractivity contribution in [3.63, 3.8) is 0 Å². The predicted octanol–water partition coefficient (Wildman–Crippen LogP) is 5.97. The van der Waals surface area contributed by atoms with Crippen molar-refractivity contribution in [3.05, 3.63) is 0 Å². The van der Waals surface area contributed by atoms with Crippen LogP contribution in [0, 0.1) is 17.3 Å². The minimum atomic E-state index is -0.911. The van der Waals surface area contributed by atoms with Crippen LogP contribution in [0.15, 0.2) is 0 Å². The summed E-state index contributed by atoms with van der Waals surface area (Å²) in [5.41, 5.74) is -2.13. The van der Waals surface area contributed by atoms with E-state index in [1.165, 1.54) is 0 Å². The molecule has 0 amide bonds. The van der Waals surface area contributed by atoms with Gasteiger partial charge in [0.15, 0.2) is 0 Å². The fourth-order valence-corrected chi connectivity index (χ4v) is 2.59. The molecule has 5 nitrogen and oxygen atoms in total.